The molecule has 0 radical (unpaired) electrons. The molecule has 0 aliphatic heterocycles. The largest absolute Gasteiger partial charge is 0.355 e. The number of nitrogens with one attached hydrogen (secondary N) is 2. The third-order valence-corrected chi connectivity index (χ3v) is 3.69. The Morgan fingerprint density at radius 3 is 2.41 bits per heavy atom. The van der Waals surface area contributed by atoms with Crippen LogP contribution in [-0.4, -0.2) is 26.9 Å². The van der Waals surface area contributed by atoms with Crippen molar-refractivity contribution >= 4 is 15.9 Å². The van der Waals surface area contributed by atoms with E-state index in [4.69, 9.17) is 0 Å². The topological polar surface area (TPSA) is 75.3 Å². The van der Waals surface area contributed by atoms with Gasteiger partial charge in [0.25, 0.3) is 0 Å². The Morgan fingerprint density at radius 2 is 1.88 bits per heavy atom. The van der Waals surface area contributed by atoms with Gasteiger partial charge in [0.05, 0.1) is 10.9 Å². The van der Waals surface area contributed by atoms with Gasteiger partial charge < -0.3 is 5.32 Å². The monoisotopic (exact) mass is 256 g/mol. The van der Waals surface area contributed by atoms with E-state index in [9.17, 15) is 13.2 Å². The van der Waals surface area contributed by atoms with Gasteiger partial charge in [0.2, 0.25) is 15.9 Å². The first kappa shape index (κ1) is 13.7. The van der Waals surface area contributed by atoms with Crippen LogP contribution >= 0.6 is 0 Å². The van der Waals surface area contributed by atoms with Gasteiger partial charge >= 0.3 is 0 Å². The molecule has 5 nitrogen and oxygen atoms in total. The maximum absolute atomic E-state index is 11.9. The van der Waals surface area contributed by atoms with Gasteiger partial charge in [-0.1, -0.05) is 18.2 Å². The predicted molar refractivity (Wildman–Crippen MR) is 64.9 cm³/mol. The van der Waals surface area contributed by atoms with Crippen molar-refractivity contribution in [2.24, 2.45) is 0 Å². The molecule has 0 aliphatic rings. The quantitative estimate of drug-likeness (QED) is 0.805. The molecule has 1 aromatic rings. The molecule has 0 aliphatic carbocycles. The molecule has 0 saturated heterocycles. The second-order valence-corrected chi connectivity index (χ2v) is 5.26. The Kier molecular flexibility index (Phi) is 4.65. The Morgan fingerprint density at radius 1 is 1.29 bits per heavy atom. The van der Waals surface area contributed by atoms with Crippen molar-refractivity contribution in [2.75, 3.05) is 6.54 Å². The molecule has 94 valence electrons. The summed E-state index contributed by atoms with van der Waals surface area (Å²) in [5.41, 5.74) is 0. The van der Waals surface area contributed by atoms with Crippen LogP contribution in [0.15, 0.2) is 35.2 Å². The number of amides is 1. The van der Waals surface area contributed by atoms with Gasteiger partial charge in [-0.15, -0.1) is 0 Å². The molecule has 0 bridgehead atoms. The second-order valence-electron chi connectivity index (χ2n) is 3.55. The first-order chi connectivity index (χ1) is 7.97. The average molecular weight is 256 g/mol. The number of rotatable bonds is 5. The van der Waals surface area contributed by atoms with E-state index in [-0.39, 0.29) is 10.8 Å². The highest BCUT2D eigenvalue weighted by atomic mass is 32.2. The molecule has 0 aromatic heterocycles. The Bertz CT molecular complexity index is 471. The van der Waals surface area contributed by atoms with Crippen LogP contribution in [0.2, 0.25) is 0 Å². The standard InChI is InChI=1S/C11H16N2O3S/c1-3-12-11(14)9(2)13-17(15,16)10-7-5-4-6-8-10/h4-9,13H,3H2,1-2H3,(H,12,14)/t9-/m1/s1. The van der Waals surface area contributed by atoms with Crippen molar-refractivity contribution in [1.82, 2.24) is 10.0 Å². The molecule has 1 atom stereocenters. The van der Waals surface area contributed by atoms with E-state index in [1.165, 1.54) is 19.1 Å². The highest BCUT2D eigenvalue weighted by Crippen LogP contribution is 2.07. The summed E-state index contributed by atoms with van der Waals surface area (Å²) in [4.78, 5) is 11.6. The molecule has 0 unspecified atom stereocenters. The third-order valence-electron chi connectivity index (χ3n) is 2.13. The Labute approximate surface area is 101 Å². The van der Waals surface area contributed by atoms with Crippen molar-refractivity contribution in [3.63, 3.8) is 0 Å². The second kappa shape index (κ2) is 5.79. The Hall–Kier alpha value is -1.40. The van der Waals surface area contributed by atoms with Crippen molar-refractivity contribution in [3.8, 4) is 0 Å². The fourth-order valence-corrected chi connectivity index (χ4v) is 2.51. The van der Waals surface area contributed by atoms with E-state index in [0.29, 0.717) is 6.54 Å². The van der Waals surface area contributed by atoms with E-state index in [1.807, 2.05) is 0 Å². The van der Waals surface area contributed by atoms with Crippen LogP contribution in [0.5, 0.6) is 0 Å². The van der Waals surface area contributed by atoms with Gasteiger partial charge in [0.1, 0.15) is 0 Å². The first-order valence-electron chi connectivity index (χ1n) is 5.32. The lowest BCUT2D eigenvalue weighted by atomic mass is 10.3. The fraction of sp³-hybridized carbons (Fsp3) is 0.364. The molecule has 17 heavy (non-hydrogen) atoms. The van der Waals surface area contributed by atoms with E-state index in [1.54, 1.807) is 25.1 Å². The van der Waals surface area contributed by atoms with E-state index in [0.717, 1.165) is 0 Å². The van der Waals surface area contributed by atoms with Gasteiger partial charge in [-0.3, -0.25) is 4.79 Å². The Balaban J connectivity index is 2.78. The summed E-state index contributed by atoms with van der Waals surface area (Å²) in [6.45, 7) is 3.75. The van der Waals surface area contributed by atoms with Gasteiger partial charge in [0, 0.05) is 6.54 Å². The summed E-state index contributed by atoms with van der Waals surface area (Å²) >= 11 is 0. The van der Waals surface area contributed by atoms with Crippen LogP contribution in [0.1, 0.15) is 13.8 Å². The molecule has 1 amide bonds. The number of hydrogen-bond donors (Lipinski definition) is 2. The number of hydrogen-bond acceptors (Lipinski definition) is 3. The highest BCUT2D eigenvalue weighted by molar-refractivity contribution is 7.89. The average Bonchev–Trinajstić information content (AvgIpc) is 2.30. The lowest BCUT2D eigenvalue weighted by molar-refractivity contribution is -0.122. The normalized spacial score (nSPS) is 13.1. The molecule has 0 spiro atoms. The summed E-state index contributed by atoms with van der Waals surface area (Å²) in [6.07, 6.45) is 0. The van der Waals surface area contributed by atoms with Crippen LogP contribution in [0, 0.1) is 0 Å². The van der Waals surface area contributed by atoms with Gasteiger partial charge in [0.15, 0.2) is 0 Å². The maximum atomic E-state index is 11.9. The number of likely N-dealkylation sites (N-methyl/N-ethyl adjacent to an activating group) is 1. The maximum Gasteiger partial charge on any atom is 0.241 e. The highest BCUT2D eigenvalue weighted by Gasteiger charge is 2.20. The molecule has 0 saturated carbocycles. The number of sulfonamides is 1. The van der Waals surface area contributed by atoms with Gasteiger partial charge in [-0.05, 0) is 26.0 Å². The van der Waals surface area contributed by atoms with Crippen molar-refractivity contribution < 1.29 is 13.2 Å². The van der Waals surface area contributed by atoms with Crippen LogP contribution in [0.3, 0.4) is 0 Å². The van der Waals surface area contributed by atoms with E-state index in [2.05, 4.69) is 10.0 Å². The summed E-state index contributed by atoms with van der Waals surface area (Å²) in [5.74, 6) is -0.341. The zero-order valence-corrected chi connectivity index (χ0v) is 10.6. The van der Waals surface area contributed by atoms with Crippen LogP contribution < -0.4 is 10.0 Å². The molecule has 2 N–H and O–H groups in total. The number of carbonyl (C=O) groups excluding carboxylic acids is 1. The van der Waals surface area contributed by atoms with Gasteiger partial charge in [-0.2, -0.15) is 4.72 Å². The molecular formula is C11H16N2O3S. The van der Waals surface area contributed by atoms with Crippen LogP contribution in [0.25, 0.3) is 0 Å². The minimum atomic E-state index is -3.63. The van der Waals surface area contributed by atoms with Crippen molar-refractivity contribution in [2.45, 2.75) is 24.8 Å². The molecule has 1 rings (SSSR count). The molecule has 0 fully saturated rings. The van der Waals surface area contributed by atoms with Crippen LogP contribution in [-0.2, 0) is 14.8 Å². The van der Waals surface area contributed by atoms with Gasteiger partial charge in [-0.25, -0.2) is 8.42 Å². The molecule has 1 aromatic carbocycles. The zero-order valence-electron chi connectivity index (χ0n) is 9.80. The number of benzene rings is 1. The lowest BCUT2D eigenvalue weighted by Crippen LogP contribution is -2.44. The molecular weight excluding hydrogens is 240 g/mol. The zero-order chi connectivity index (χ0) is 12.9. The van der Waals surface area contributed by atoms with Crippen LogP contribution in [0.4, 0.5) is 0 Å². The minimum absolute atomic E-state index is 0.149. The first-order valence-corrected chi connectivity index (χ1v) is 6.80. The smallest absolute Gasteiger partial charge is 0.241 e. The molecule has 6 heteroatoms. The SMILES string of the molecule is CCNC(=O)[C@@H](C)NS(=O)(=O)c1ccccc1. The third kappa shape index (κ3) is 3.83. The van der Waals surface area contributed by atoms with E-state index >= 15 is 0 Å². The molecule has 0 heterocycles. The predicted octanol–water partition coefficient (Wildman–Crippen LogP) is 0.489. The summed E-state index contributed by atoms with van der Waals surface area (Å²) < 4.78 is 26.0. The number of carbonyl (C=O) groups is 1. The summed E-state index contributed by atoms with van der Waals surface area (Å²) in [7, 11) is -3.63. The van der Waals surface area contributed by atoms with Crippen molar-refractivity contribution in [1.29, 1.82) is 0 Å². The minimum Gasteiger partial charge on any atom is -0.355 e. The fourth-order valence-electron chi connectivity index (χ4n) is 1.28. The lowest BCUT2D eigenvalue weighted by Gasteiger charge is -2.13. The van der Waals surface area contributed by atoms with E-state index < -0.39 is 16.1 Å². The summed E-state index contributed by atoms with van der Waals surface area (Å²) in [5, 5.41) is 2.55. The van der Waals surface area contributed by atoms with Crippen molar-refractivity contribution in [3.05, 3.63) is 30.3 Å². The summed E-state index contributed by atoms with van der Waals surface area (Å²) in [6, 6.07) is 7.16.